The van der Waals surface area contributed by atoms with Crippen molar-refractivity contribution in [3.05, 3.63) is 29.6 Å². The van der Waals surface area contributed by atoms with Gasteiger partial charge in [-0.1, -0.05) is 6.07 Å². The third kappa shape index (κ3) is 1.95. The van der Waals surface area contributed by atoms with Crippen LogP contribution >= 0.6 is 0 Å². The number of phenols is 1. The Morgan fingerprint density at radius 2 is 2.33 bits per heavy atom. The van der Waals surface area contributed by atoms with Gasteiger partial charge in [-0.25, -0.2) is 4.39 Å². The molecule has 0 fully saturated rings. The number of aromatic hydroxyl groups is 1. The molecule has 0 aliphatic heterocycles. The maximum absolute atomic E-state index is 12.5. The molecule has 0 amide bonds. The van der Waals surface area contributed by atoms with Crippen LogP contribution in [-0.2, 0) is 16.1 Å². The summed E-state index contributed by atoms with van der Waals surface area (Å²) in [6.45, 7) is 0.331. The highest BCUT2D eigenvalue weighted by Crippen LogP contribution is 2.16. The number of hydrogen-bond donors (Lipinski definition) is 1. The summed E-state index contributed by atoms with van der Waals surface area (Å²) in [7, 11) is 0. The first-order valence-electron chi connectivity index (χ1n) is 3.26. The molecule has 1 aromatic rings. The summed E-state index contributed by atoms with van der Waals surface area (Å²) < 4.78 is 16.9. The summed E-state index contributed by atoms with van der Waals surface area (Å²) in [6.07, 6.45) is 0. The second-order valence-corrected chi connectivity index (χ2v) is 2.19. The summed E-state index contributed by atoms with van der Waals surface area (Å²) in [5, 5.41) is 8.88. The van der Waals surface area contributed by atoms with Crippen LogP contribution in [0.15, 0.2) is 18.2 Å². The van der Waals surface area contributed by atoms with E-state index in [9.17, 15) is 9.18 Å². The molecule has 0 spiro atoms. The smallest absolute Gasteiger partial charge is 0.293 e. The third-order valence-electron chi connectivity index (χ3n) is 1.33. The number of rotatable bonds is 3. The average Bonchev–Trinajstić information content (AvgIpc) is 2.07. The summed E-state index contributed by atoms with van der Waals surface area (Å²) in [5.41, 5.74) is 0.543. The third-order valence-corrected chi connectivity index (χ3v) is 1.33. The van der Waals surface area contributed by atoms with E-state index < -0.39 is 11.6 Å². The van der Waals surface area contributed by atoms with E-state index in [1.165, 1.54) is 12.1 Å². The number of carbonyl (C=O) groups is 1. The van der Waals surface area contributed by atoms with Gasteiger partial charge in [-0.15, -0.1) is 0 Å². The van der Waals surface area contributed by atoms with Crippen molar-refractivity contribution in [2.24, 2.45) is 0 Å². The van der Waals surface area contributed by atoms with Crippen molar-refractivity contribution in [3.8, 4) is 5.75 Å². The first kappa shape index (κ1) is 8.52. The van der Waals surface area contributed by atoms with Crippen molar-refractivity contribution in [2.45, 2.75) is 6.61 Å². The number of phenolic OH excluding ortho intramolecular Hbond substituents is 1. The fourth-order valence-corrected chi connectivity index (χ4v) is 0.778. The van der Waals surface area contributed by atoms with Gasteiger partial charge in [0.2, 0.25) is 0 Å². The Morgan fingerprint density at radius 1 is 1.58 bits per heavy atom. The predicted octanol–water partition coefficient (Wildman–Crippen LogP) is 1.20. The minimum Gasteiger partial charge on any atom is -0.505 e. The topological polar surface area (TPSA) is 46.5 Å². The first-order chi connectivity index (χ1) is 5.74. The molecule has 0 saturated heterocycles. The van der Waals surface area contributed by atoms with Gasteiger partial charge < -0.3 is 9.84 Å². The van der Waals surface area contributed by atoms with Crippen LogP contribution in [0.25, 0.3) is 0 Å². The maximum atomic E-state index is 12.5. The van der Waals surface area contributed by atoms with Gasteiger partial charge in [-0.2, -0.15) is 0 Å². The lowest BCUT2D eigenvalue weighted by Crippen LogP contribution is -1.90. The summed E-state index contributed by atoms with van der Waals surface area (Å²) in [6, 6.07) is 3.75. The lowest BCUT2D eigenvalue weighted by atomic mass is 10.2. The molecular weight excluding hydrogens is 163 g/mol. The molecule has 0 aliphatic rings. The zero-order chi connectivity index (χ0) is 8.97. The molecule has 1 N–H and O–H groups in total. The minimum atomic E-state index is -0.690. The van der Waals surface area contributed by atoms with E-state index in [4.69, 9.17) is 5.11 Å². The molecule has 0 aromatic heterocycles. The molecule has 0 bridgehead atoms. The second kappa shape index (κ2) is 3.71. The zero-order valence-electron chi connectivity index (χ0n) is 6.16. The molecule has 0 saturated carbocycles. The van der Waals surface area contributed by atoms with Crippen molar-refractivity contribution in [3.63, 3.8) is 0 Å². The van der Waals surface area contributed by atoms with Crippen LogP contribution in [0, 0.1) is 5.82 Å². The largest absolute Gasteiger partial charge is 0.505 e. The van der Waals surface area contributed by atoms with Gasteiger partial charge >= 0.3 is 0 Å². The molecule has 64 valence electrons. The summed E-state index contributed by atoms with van der Waals surface area (Å²) in [5.74, 6) is -1.13. The second-order valence-electron chi connectivity index (χ2n) is 2.19. The van der Waals surface area contributed by atoms with Gasteiger partial charge in [0, 0.05) is 0 Å². The standard InChI is InChI=1S/C8H7FO3/c9-7-2-1-6(3-8(7)11)4-12-5-10/h1-3,5,11H,4H2. The van der Waals surface area contributed by atoms with Crippen LogP contribution in [0.2, 0.25) is 0 Å². The van der Waals surface area contributed by atoms with Gasteiger partial charge in [0.15, 0.2) is 11.6 Å². The van der Waals surface area contributed by atoms with E-state index in [0.29, 0.717) is 12.0 Å². The van der Waals surface area contributed by atoms with Crippen LogP contribution in [0.4, 0.5) is 4.39 Å². The van der Waals surface area contributed by atoms with Crippen molar-refractivity contribution in [1.29, 1.82) is 0 Å². The van der Waals surface area contributed by atoms with Gasteiger partial charge in [0.05, 0.1) is 0 Å². The fourth-order valence-electron chi connectivity index (χ4n) is 0.778. The lowest BCUT2D eigenvalue weighted by molar-refractivity contribution is -0.129. The Balaban J connectivity index is 2.75. The molecule has 1 rings (SSSR count). The Kier molecular flexibility index (Phi) is 2.63. The van der Waals surface area contributed by atoms with E-state index in [-0.39, 0.29) is 6.61 Å². The quantitative estimate of drug-likeness (QED) is 0.693. The number of carbonyl (C=O) groups excluding carboxylic acids is 1. The normalized spacial score (nSPS) is 9.42. The van der Waals surface area contributed by atoms with Gasteiger partial charge in [-0.05, 0) is 17.7 Å². The summed E-state index contributed by atoms with van der Waals surface area (Å²) >= 11 is 0. The van der Waals surface area contributed by atoms with Crippen LogP contribution in [-0.4, -0.2) is 11.6 Å². The fraction of sp³-hybridized carbons (Fsp3) is 0.125. The highest BCUT2D eigenvalue weighted by Gasteiger charge is 2.00. The zero-order valence-corrected chi connectivity index (χ0v) is 6.16. The number of hydrogen-bond acceptors (Lipinski definition) is 3. The van der Waals surface area contributed by atoms with E-state index >= 15 is 0 Å². The van der Waals surface area contributed by atoms with Crippen LogP contribution < -0.4 is 0 Å². The predicted molar refractivity (Wildman–Crippen MR) is 38.9 cm³/mol. The van der Waals surface area contributed by atoms with E-state index in [0.717, 1.165) is 6.07 Å². The molecule has 0 unspecified atom stereocenters. The Labute approximate surface area is 68.4 Å². The van der Waals surface area contributed by atoms with E-state index in [2.05, 4.69) is 4.74 Å². The SMILES string of the molecule is O=COCc1ccc(F)c(O)c1. The summed E-state index contributed by atoms with van der Waals surface area (Å²) in [4.78, 5) is 9.77. The lowest BCUT2D eigenvalue weighted by Gasteiger charge is -2.00. The van der Waals surface area contributed by atoms with E-state index in [1.54, 1.807) is 0 Å². The van der Waals surface area contributed by atoms with E-state index in [1.807, 2.05) is 0 Å². The van der Waals surface area contributed by atoms with Crippen molar-refractivity contribution >= 4 is 6.47 Å². The maximum Gasteiger partial charge on any atom is 0.293 e. The Hall–Kier alpha value is -1.58. The first-order valence-corrected chi connectivity index (χ1v) is 3.26. The average molecular weight is 170 g/mol. The van der Waals surface area contributed by atoms with Gasteiger partial charge in [-0.3, -0.25) is 4.79 Å². The molecule has 3 nitrogen and oxygen atoms in total. The molecule has 0 heterocycles. The molecule has 0 aliphatic carbocycles. The molecule has 0 radical (unpaired) electrons. The molecule has 4 heteroatoms. The number of halogens is 1. The Morgan fingerprint density at radius 3 is 2.92 bits per heavy atom. The molecule has 1 aromatic carbocycles. The van der Waals surface area contributed by atoms with Crippen LogP contribution in [0.3, 0.4) is 0 Å². The monoisotopic (exact) mass is 170 g/mol. The number of benzene rings is 1. The number of ether oxygens (including phenoxy) is 1. The van der Waals surface area contributed by atoms with Crippen molar-refractivity contribution in [1.82, 2.24) is 0 Å². The van der Waals surface area contributed by atoms with Crippen molar-refractivity contribution in [2.75, 3.05) is 0 Å². The molecule has 0 atom stereocenters. The molecular formula is C8H7FO3. The Bertz CT molecular complexity index is 286. The van der Waals surface area contributed by atoms with Crippen LogP contribution in [0.5, 0.6) is 5.75 Å². The highest BCUT2D eigenvalue weighted by atomic mass is 19.1. The van der Waals surface area contributed by atoms with Crippen molar-refractivity contribution < 1.29 is 19.0 Å². The molecule has 12 heavy (non-hydrogen) atoms. The minimum absolute atomic E-state index is 0.0390. The van der Waals surface area contributed by atoms with Crippen LogP contribution in [0.1, 0.15) is 5.56 Å². The van der Waals surface area contributed by atoms with Gasteiger partial charge in [0.1, 0.15) is 6.61 Å². The highest BCUT2D eigenvalue weighted by molar-refractivity contribution is 5.38. The van der Waals surface area contributed by atoms with Gasteiger partial charge in [0.25, 0.3) is 6.47 Å².